The first kappa shape index (κ1) is 20.4. The predicted molar refractivity (Wildman–Crippen MR) is 114 cm³/mol. The number of carbonyl (C=O) groups excluding carboxylic acids is 2. The first-order valence-corrected chi connectivity index (χ1v) is 10.3. The van der Waals surface area contributed by atoms with E-state index in [1.807, 2.05) is 35.2 Å². The second-order valence-corrected chi connectivity index (χ2v) is 7.64. The molecule has 148 valence electrons. The Balaban J connectivity index is 1.63. The van der Waals surface area contributed by atoms with Gasteiger partial charge in [0.1, 0.15) is 0 Å². The van der Waals surface area contributed by atoms with Gasteiger partial charge in [0.25, 0.3) is 0 Å². The Morgan fingerprint density at radius 1 is 1.14 bits per heavy atom. The Morgan fingerprint density at radius 2 is 1.82 bits per heavy atom. The Labute approximate surface area is 171 Å². The summed E-state index contributed by atoms with van der Waals surface area (Å²) in [5.74, 6) is -0.322. The number of halogens is 1. The van der Waals surface area contributed by atoms with Gasteiger partial charge in [0.15, 0.2) is 0 Å². The average Bonchev–Trinajstić information content (AvgIpc) is 3.08. The molecule has 1 heterocycles. The molecule has 2 amide bonds. The predicted octanol–water partition coefficient (Wildman–Crippen LogP) is 4.18. The Kier molecular flexibility index (Phi) is 6.74. The summed E-state index contributed by atoms with van der Waals surface area (Å²) in [7, 11) is 0. The van der Waals surface area contributed by atoms with Crippen molar-refractivity contribution >= 4 is 29.1 Å². The Bertz CT molecular complexity index is 843. The zero-order chi connectivity index (χ0) is 20.1. The fourth-order valence-electron chi connectivity index (χ4n) is 3.83. The molecule has 1 saturated heterocycles. The van der Waals surface area contributed by atoms with Crippen molar-refractivity contribution in [1.29, 1.82) is 0 Å². The molecule has 1 unspecified atom stereocenters. The van der Waals surface area contributed by atoms with Crippen molar-refractivity contribution in [3.63, 3.8) is 0 Å². The number of rotatable bonds is 7. The van der Waals surface area contributed by atoms with Crippen molar-refractivity contribution in [3.05, 3.63) is 64.2 Å². The van der Waals surface area contributed by atoms with Crippen LogP contribution in [0.4, 0.5) is 5.69 Å². The number of benzene rings is 2. The van der Waals surface area contributed by atoms with E-state index >= 15 is 0 Å². The van der Waals surface area contributed by atoms with Gasteiger partial charge >= 0.3 is 0 Å². The number of anilines is 1. The number of para-hydroxylation sites is 1. The van der Waals surface area contributed by atoms with Crippen LogP contribution in [0.5, 0.6) is 0 Å². The van der Waals surface area contributed by atoms with Gasteiger partial charge in [0, 0.05) is 30.2 Å². The first-order chi connectivity index (χ1) is 13.5. The highest BCUT2D eigenvalue weighted by Gasteiger charge is 2.36. The quantitative estimate of drug-likeness (QED) is 0.760. The molecular formula is C23H27ClN2O2. The van der Waals surface area contributed by atoms with Gasteiger partial charge in [-0.25, -0.2) is 0 Å². The molecule has 1 fully saturated rings. The van der Waals surface area contributed by atoms with Crippen molar-refractivity contribution in [3.8, 4) is 0 Å². The third-order valence-electron chi connectivity index (χ3n) is 5.33. The Hall–Kier alpha value is -2.33. The summed E-state index contributed by atoms with van der Waals surface area (Å²) < 4.78 is 0. The van der Waals surface area contributed by atoms with Crippen molar-refractivity contribution in [2.24, 2.45) is 5.92 Å². The summed E-state index contributed by atoms with van der Waals surface area (Å²) in [6, 6.07) is 13.8. The maximum absolute atomic E-state index is 12.7. The lowest BCUT2D eigenvalue weighted by Gasteiger charge is -2.23. The number of nitrogens with zero attached hydrogens (tertiary/aromatic N) is 1. The largest absolute Gasteiger partial charge is 0.355 e. The molecule has 1 atom stereocenters. The van der Waals surface area contributed by atoms with E-state index in [0.717, 1.165) is 41.6 Å². The van der Waals surface area contributed by atoms with Gasteiger partial charge < -0.3 is 10.2 Å². The molecule has 0 saturated carbocycles. The highest BCUT2D eigenvalue weighted by Crippen LogP contribution is 2.32. The van der Waals surface area contributed by atoms with Gasteiger partial charge in [0.05, 0.1) is 5.92 Å². The first-order valence-electron chi connectivity index (χ1n) is 9.96. The topological polar surface area (TPSA) is 49.4 Å². The van der Waals surface area contributed by atoms with E-state index in [4.69, 9.17) is 11.6 Å². The lowest BCUT2D eigenvalue weighted by Crippen LogP contribution is -2.34. The monoisotopic (exact) mass is 398 g/mol. The molecule has 0 aromatic heterocycles. The van der Waals surface area contributed by atoms with Crippen molar-refractivity contribution < 1.29 is 9.59 Å². The maximum atomic E-state index is 12.7. The zero-order valence-electron chi connectivity index (χ0n) is 16.5. The summed E-state index contributed by atoms with van der Waals surface area (Å²) in [5.41, 5.74) is 4.41. The molecule has 2 aromatic rings. The van der Waals surface area contributed by atoms with Crippen molar-refractivity contribution in [1.82, 2.24) is 5.32 Å². The van der Waals surface area contributed by atoms with Crippen molar-refractivity contribution in [2.45, 2.75) is 39.5 Å². The number of aryl methyl sites for hydroxylation is 2. The van der Waals surface area contributed by atoms with E-state index in [-0.39, 0.29) is 24.2 Å². The number of amides is 2. The zero-order valence-corrected chi connectivity index (χ0v) is 17.3. The van der Waals surface area contributed by atoms with Crippen LogP contribution in [-0.2, 0) is 28.9 Å². The summed E-state index contributed by atoms with van der Waals surface area (Å²) >= 11 is 6.00. The van der Waals surface area contributed by atoms with Crippen LogP contribution in [0.2, 0.25) is 5.02 Å². The van der Waals surface area contributed by atoms with Crippen LogP contribution in [0, 0.1) is 5.92 Å². The molecule has 0 bridgehead atoms. The third-order valence-corrected chi connectivity index (χ3v) is 5.57. The SMILES string of the molecule is CCc1cccc(CC)c1N1CC(C(=O)NCCc2cccc(Cl)c2)CC1=O. The number of nitrogens with one attached hydrogen (secondary N) is 1. The van der Waals surface area contributed by atoms with Crippen LogP contribution in [0.15, 0.2) is 42.5 Å². The summed E-state index contributed by atoms with van der Waals surface area (Å²) in [4.78, 5) is 27.1. The molecule has 28 heavy (non-hydrogen) atoms. The molecule has 0 radical (unpaired) electrons. The van der Waals surface area contributed by atoms with Crippen molar-refractivity contribution in [2.75, 3.05) is 18.0 Å². The number of carbonyl (C=O) groups is 2. The smallest absolute Gasteiger partial charge is 0.227 e. The molecule has 1 aliphatic rings. The molecule has 2 aromatic carbocycles. The number of hydrogen-bond donors (Lipinski definition) is 1. The maximum Gasteiger partial charge on any atom is 0.227 e. The second kappa shape index (κ2) is 9.24. The van der Waals surface area contributed by atoms with E-state index in [2.05, 4.69) is 31.3 Å². The molecule has 5 heteroatoms. The fourth-order valence-corrected chi connectivity index (χ4v) is 4.04. The minimum absolute atomic E-state index is 0.0330. The Morgan fingerprint density at radius 3 is 2.46 bits per heavy atom. The van der Waals surface area contributed by atoms with Gasteiger partial charge in [-0.1, -0.05) is 55.8 Å². The van der Waals surface area contributed by atoms with E-state index in [0.29, 0.717) is 18.1 Å². The molecule has 1 N–H and O–H groups in total. The standard InChI is InChI=1S/C23H27ClN2O2/c1-3-17-8-6-9-18(4-2)22(17)26-15-19(14-21(26)27)23(28)25-12-11-16-7-5-10-20(24)13-16/h5-10,13,19H,3-4,11-12,14-15H2,1-2H3,(H,25,28). The van der Waals surface area contributed by atoms with E-state index < -0.39 is 0 Å². The summed E-state index contributed by atoms with van der Waals surface area (Å²) in [6.45, 7) is 5.18. The summed E-state index contributed by atoms with van der Waals surface area (Å²) in [5, 5.41) is 3.68. The molecule has 3 rings (SSSR count). The molecule has 0 spiro atoms. The van der Waals surface area contributed by atoms with Crippen LogP contribution in [0.25, 0.3) is 0 Å². The van der Waals surface area contributed by atoms with Gasteiger partial charge in [0.2, 0.25) is 11.8 Å². The van der Waals surface area contributed by atoms with Crippen LogP contribution in [-0.4, -0.2) is 24.9 Å². The van der Waals surface area contributed by atoms with Gasteiger partial charge in [-0.15, -0.1) is 0 Å². The molecular weight excluding hydrogens is 372 g/mol. The molecule has 1 aliphatic heterocycles. The fraction of sp³-hybridized carbons (Fsp3) is 0.391. The average molecular weight is 399 g/mol. The second-order valence-electron chi connectivity index (χ2n) is 7.21. The van der Waals surface area contributed by atoms with Gasteiger partial charge in [-0.3, -0.25) is 9.59 Å². The third kappa shape index (κ3) is 4.56. The molecule has 0 aliphatic carbocycles. The van der Waals surface area contributed by atoms with E-state index in [1.54, 1.807) is 0 Å². The van der Waals surface area contributed by atoms with Crippen LogP contribution >= 0.6 is 11.6 Å². The minimum Gasteiger partial charge on any atom is -0.355 e. The normalized spacial score (nSPS) is 16.5. The lowest BCUT2D eigenvalue weighted by molar-refractivity contribution is -0.126. The highest BCUT2D eigenvalue weighted by atomic mass is 35.5. The van der Waals surface area contributed by atoms with Gasteiger partial charge in [-0.2, -0.15) is 0 Å². The van der Waals surface area contributed by atoms with Crippen LogP contribution < -0.4 is 10.2 Å². The summed E-state index contributed by atoms with van der Waals surface area (Å²) in [6.07, 6.45) is 2.71. The van der Waals surface area contributed by atoms with Crippen LogP contribution in [0.1, 0.15) is 37.0 Å². The van der Waals surface area contributed by atoms with Crippen LogP contribution in [0.3, 0.4) is 0 Å². The van der Waals surface area contributed by atoms with Gasteiger partial charge in [-0.05, 0) is 48.1 Å². The minimum atomic E-state index is -0.304. The van der Waals surface area contributed by atoms with E-state index in [1.165, 1.54) is 0 Å². The molecule has 4 nitrogen and oxygen atoms in total. The number of hydrogen-bond acceptors (Lipinski definition) is 2. The van der Waals surface area contributed by atoms with E-state index in [9.17, 15) is 9.59 Å². The lowest BCUT2D eigenvalue weighted by atomic mass is 10.0. The highest BCUT2D eigenvalue weighted by molar-refractivity contribution is 6.30.